The molecule has 1 amide bonds. The second-order valence-electron chi connectivity index (χ2n) is 8.35. The Morgan fingerprint density at radius 1 is 1.17 bits per heavy atom. The van der Waals surface area contributed by atoms with Crippen LogP contribution in [0.15, 0.2) is 52.6 Å². The first kappa shape index (κ1) is 23.4. The van der Waals surface area contributed by atoms with E-state index in [-0.39, 0.29) is 30.2 Å². The van der Waals surface area contributed by atoms with Gasteiger partial charge < -0.3 is 9.30 Å². The number of ether oxygens (including phenoxy) is 1. The Balaban J connectivity index is 1.60. The van der Waals surface area contributed by atoms with Gasteiger partial charge in [0.15, 0.2) is 16.3 Å². The van der Waals surface area contributed by atoms with Gasteiger partial charge in [-0.25, -0.2) is 14.8 Å². The van der Waals surface area contributed by atoms with Crippen molar-refractivity contribution in [1.29, 1.82) is 0 Å². The standard InChI is InChI=1S/C24H23N7O4S/c1-14-7-8-16(35-4)18-20(14)36-23(27-18)31(11-15-6-5-9-25-10-15)17(32)12-30-13-26-21-19(30)22(33)29(3)24(34)28(21)2/h5-10,13H,11-12H2,1-4H3. The molecule has 0 radical (unpaired) electrons. The molecule has 0 aliphatic rings. The first-order chi connectivity index (χ1) is 17.3. The molecule has 4 aromatic heterocycles. The van der Waals surface area contributed by atoms with E-state index < -0.39 is 11.2 Å². The summed E-state index contributed by atoms with van der Waals surface area (Å²) in [5, 5.41) is 0.496. The molecule has 184 valence electrons. The summed E-state index contributed by atoms with van der Waals surface area (Å²) in [5.74, 6) is 0.321. The number of aryl methyl sites for hydroxylation is 2. The zero-order valence-electron chi connectivity index (χ0n) is 20.1. The van der Waals surface area contributed by atoms with Gasteiger partial charge in [-0.15, -0.1) is 0 Å². The fraction of sp³-hybridized carbons (Fsp3) is 0.250. The topological polar surface area (TPSA) is 117 Å². The maximum atomic E-state index is 13.7. The summed E-state index contributed by atoms with van der Waals surface area (Å²) in [6, 6.07) is 7.49. The van der Waals surface area contributed by atoms with Crippen LogP contribution in [0.25, 0.3) is 21.4 Å². The van der Waals surface area contributed by atoms with Crippen molar-refractivity contribution in [2.24, 2.45) is 14.1 Å². The molecule has 36 heavy (non-hydrogen) atoms. The van der Waals surface area contributed by atoms with Crippen LogP contribution in [0.5, 0.6) is 5.75 Å². The van der Waals surface area contributed by atoms with E-state index in [2.05, 4.69) is 9.97 Å². The quantitative estimate of drug-likeness (QED) is 0.346. The van der Waals surface area contributed by atoms with Gasteiger partial charge in [0.25, 0.3) is 5.56 Å². The third-order valence-electron chi connectivity index (χ3n) is 6.03. The number of pyridine rings is 1. The summed E-state index contributed by atoms with van der Waals surface area (Å²) in [4.78, 5) is 53.6. The highest BCUT2D eigenvalue weighted by atomic mass is 32.1. The maximum Gasteiger partial charge on any atom is 0.332 e. The number of methoxy groups -OCH3 is 1. The van der Waals surface area contributed by atoms with Gasteiger partial charge in [0.05, 0.1) is 24.7 Å². The summed E-state index contributed by atoms with van der Waals surface area (Å²) in [6.07, 6.45) is 4.76. The van der Waals surface area contributed by atoms with Crippen molar-refractivity contribution >= 4 is 43.8 Å². The molecule has 0 N–H and O–H groups in total. The van der Waals surface area contributed by atoms with Crippen molar-refractivity contribution < 1.29 is 9.53 Å². The van der Waals surface area contributed by atoms with E-state index in [0.29, 0.717) is 16.4 Å². The summed E-state index contributed by atoms with van der Waals surface area (Å²) in [7, 11) is 4.52. The lowest BCUT2D eigenvalue weighted by Gasteiger charge is -2.20. The van der Waals surface area contributed by atoms with Crippen molar-refractivity contribution in [2.75, 3.05) is 12.0 Å². The Kier molecular flexibility index (Phi) is 5.88. The van der Waals surface area contributed by atoms with Crippen molar-refractivity contribution in [2.45, 2.75) is 20.0 Å². The summed E-state index contributed by atoms with van der Waals surface area (Å²) < 4.78 is 10.2. The van der Waals surface area contributed by atoms with E-state index in [4.69, 9.17) is 9.72 Å². The molecular formula is C24H23N7O4S. The molecule has 11 nitrogen and oxygen atoms in total. The fourth-order valence-corrected chi connectivity index (χ4v) is 5.13. The lowest BCUT2D eigenvalue weighted by molar-refractivity contribution is -0.119. The van der Waals surface area contributed by atoms with E-state index in [9.17, 15) is 14.4 Å². The summed E-state index contributed by atoms with van der Waals surface area (Å²) >= 11 is 1.39. The average molecular weight is 506 g/mol. The van der Waals surface area contributed by atoms with Crippen LogP contribution < -0.4 is 20.9 Å². The highest BCUT2D eigenvalue weighted by Gasteiger charge is 2.24. The van der Waals surface area contributed by atoms with Crippen LogP contribution in [0.4, 0.5) is 5.13 Å². The molecule has 12 heteroatoms. The second-order valence-corrected chi connectivity index (χ2v) is 9.33. The van der Waals surface area contributed by atoms with Crippen LogP contribution in [0.2, 0.25) is 0 Å². The molecule has 0 fully saturated rings. The molecule has 1 aromatic carbocycles. The highest BCUT2D eigenvalue weighted by Crippen LogP contribution is 2.37. The maximum absolute atomic E-state index is 13.7. The number of hydrogen-bond acceptors (Lipinski definition) is 8. The zero-order chi connectivity index (χ0) is 25.6. The van der Waals surface area contributed by atoms with E-state index in [1.54, 1.807) is 30.5 Å². The Hall–Kier alpha value is -4.32. The molecular weight excluding hydrogens is 482 g/mol. The zero-order valence-corrected chi connectivity index (χ0v) is 20.9. The molecule has 5 rings (SSSR count). The summed E-state index contributed by atoms with van der Waals surface area (Å²) in [5.41, 5.74) is 1.92. The second kappa shape index (κ2) is 9.04. The third-order valence-corrected chi connectivity index (χ3v) is 7.24. The van der Waals surface area contributed by atoms with Gasteiger partial charge in [0.2, 0.25) is 5.91 Å². The number of carbonyl (C=O) groups is 1. The number of benzene rings is 1. The van der Waals surface area contributed by atoms with Crippen LogP contribution in [-0.4, -0.2) is 41.7 Å². The Labute approximate surface area is 208 Å². The van der Waals surface area contributed by atoms with Crippen LogP contribution >= 0.6 is 11.3 Å². The van der Waals surface area contributed by atoms with Crippen LogP contribution in [-0.2, 0) is 32.0 Å². The van der Waals surface area contributed by atoms with Gasteiger partial charge in [-0.05, 0) is 30.2 Å². The molecule has 0 atom stereocenters. The van der Waals surface area contributed by atoms with E-state index in [1.165, 1.54) is 40.9 Å². The Morgan fingerprint density at radius 2 is 1.97 bits per heavy atom. The number of anilines is 1. The van der Waals surface area contributed by atoms with Gasteiger partial charge in [0.1, 0.15) is 17.8 Å². The number of nitrogens with zero attached hydrogens (tertiary/aromatic N) is 7. The molecule has 0 bridgehead atoms. The number of aromatic nitrogens is 6. The number of fused-ring (bicyclic) bond motifs is 2. The Morgan fingerprint density at radius 3 is 2.69 bits per heavy atom. The van der Waals surface area contributed by atoms with Gasteiger partial charge in [-0.1, -0.05) is 23.5 Å². The first-order valence-electron chi connectivity index (χ1n) is 11.0. The van der Waals surface area contributed by atoms with Crippen molar-refractivity contribution in [1.82, 2.24) is 28.7 Å². The number of rotatable bonds is 6. The van der Waals surface area contributed by atoms with E-state index in [1.807, 2.05) is 25.1 Å². The minimum absolute atomic E-state index is 0.170. The van der Waals surface area contributed by atoms with Gasteiger partial charge in [-0.2, -0.15) is 0 Å². The molecule has 0 aliphatic carbocycles. The number of hydrogen-bond donors (Lipinski definition) is 0. The number of carbonyl (C=O) groups excluding carboxylic acids is 1. The lowest BCUT2D eigenvalue weighted by Crippen LogP contribution is -2.38. The molecule has 4 heterocycles. The number of amides is 1. The minimum Gasteiger partial charge on any atom is -0.494 e. The molecule has 0 spiro atoms. The van der Waals surface area contributed by atoms with Crippen LogP contribution in [0, 0.1) is 6.92 Å². The van der Waals surface area contributed by atoms with Gasteiger partial charge >= 0.3 is 5.69 Å². The SMILES string of the molecule is COc1ccc(C)c2sc(N(Cc3cccnc3)C(=O)Cn3cnc4c3c(=O)n(C)c(=O)n4C)nc12. The van der Waals surface area contributed by atoms with Crippen molar-refractivity contribution in [3.63, 3.8) is 0 Å². The smallest absolute Gasteiger partial charge is 0.332 e. The molecule has 0 saturated carbocycles. The molecule has 5 aromatic rings. The van der Waals surface area contributed by atoms with Crippen molar-refractivity contribution in [3.8, 4) is 5.75 Å². The predicted molar refractivity (Wildman–Crippen MR) is 137 cm³/mol. The predicted octanol–water partition coefficient (Wildman–Crippen LogP) is 1.99. The average Bonchev–Trinajstić information content (AvgIpc) is 3.51. The fourth-order valence-electron chi connectivity index (χ4n) is 4.06. The van der Waals surface area contributed by atoms with Crippen LogP contribution in [0.1, 0.15) is 11.1 Å². The minimum atomic E-state index is -0.516. The molecule has 0 saturated heterocycles. The van der Waals surface area contributed by atoms with Crippen LogP contribution in [0.3, 0.4) is 0 Å². The van der Waals surface area contributed by atoms with E-state index in [0.717, 1.165) is 20.4 Å². The molecule has 0 aliphatic heterocycles. The van der Waals surface area contributed by atoms with Gasteiger partial charge in [-0.3, -0.25) is 28.6 Å². The summed E-state index contributed by atoms with van der Waals surface area (Å²) in [6.45, 7) is 2.04. The largest absolute Gasteiger partial charge is 0.494 e. The Bertz CT molecular complexity index is 1730. The van der Waals surface area contributed by atoms with E-state index >= 15 is 0 Å². The lowest BCUT2D eigenvalue weighted by atomic mass is 10.2. The first-order valence-corrected chi connectivity index (χ1v) is 11.9. The van der Waals surface area contributed by atoms with Crippen molar-refractivity contribution in [3.05, 3.63) is 75.0 Å². The van der Waals surface area contributed by atoms with Gasteiger partial charge in [0, 0.05) is 26.5 Å². The normalized spacial score (nSPS) is 11.3. The molecule has 0 unspecified atom stereocenters. The monoisotopic (exact) mass is 505 g/mol. The number of thiazole rings is 1. The third kappa shape index (κ3) is 3.85. The number of imidazole rings is 1. The highest BCUT2D eigenvalue weighted by molar-refractivity contribution is 7.22.